The summed E-state index contributed by atoms with van der Waals surface area (Å²) in [7, 11) is 3.16. The lowest BCUT2D eigenvalue weighted by Gasteiger charge is -2.15. The van der Waals surface area contributed by atoms with Crippen molar-refractivity contribution in [2.24, 2.45) is 0 Å². The molecule has 0 bridgehead atoms. The van der Waals surface area contributed by atoms with Gasteiger partial charge in [0.1, 0.15) is 35.5 Å². The predicted octanol–water partition coefficient (Wildman–Crippen LogP) is 2.97. The van der Waals surface area contributed by atoms with Gasteiger partial charge in [-0.25, -0.2) is 4.79 Å². The van der Waals surface area contributed by atoms with Crippen molar-refractivity contribution in [1.82, 2.24) is 0 Å². The van der Waals surface area contributed by atoms with E-state index in [1.165, 1.54) is 6.07 Å². The number of hydrogen-bond acceptors (Lipinski definition) is 7. The fourth-order valence-electron chi connectivity index (χ4n) is 2.79. The highest BCUT2D eigenvalue weighted by atomic mass is 16.5. The van der Waals surface area contributed by atoms with Crippen LogP contribution in [0.4, 0.5) is 5.69 Å². The number of anilines is 1. The molecule has 0 aliphatic rings. The second kappa shape index (κ2) is 8.67. The van der Waals surface area contributed by atoms with Crippen molar-refractivity contribution in [3.05, 3.63) is 58.4 Å². The molecule has 0 aliphatic heterocycles. The zero-order valence-electron chi connectivity index (χ0n) is 16.0. The van der Waals surface area contributed by atoms with Gasteiger partial charge in [-0.2, -0.15) is 0 Å². The summed E-state index contributed by atoms with van der Waals surface area (Å²) < 4.78 is 21.3. The van der Waals surface area contributed by atoms with Gasteiger partial charge in [0.15, 0.2) is 0 Å². The minimum atomic E-state index is -0.752. The van der Waals surface area contributed by atoms with Gasteiger partial charge in [-0.1, -0.05) is 0 Å². The third-order valence-corrected chi connectivity index (χ3v) is 4.26. The summed E-state index contributed by atoms with van der Waals surface area (Å²) in [5.74, 6) is 1.82. The molecular weight excluding hydrogens is 362 g/mol. The molecule has 0 unspecified atom stereocenters. The Morgan fingerprint density at radius 2 is 1.75 bits per heavy atom. The van der Waals surface area contributed by atoms with E-state index in [-0.39, 0.29) is 13.2 Å². The number of aryl methyl sites for hydroxylation is 1. The van der Waals surface area contributed by atoms with Gasteiger partial charge in [-0.05, 0) is 24.6 Å². The number of aliphatic hydroxyl groups is 1. The number of benzene rings is 2. The summed E-state index contributed by atoms with van der Waals surface area (Å²) in [5.41, 5.74) is 1.66. The van der Waals surface area contributed by atoms with Crippen LogP contribution in [0.5, 0.6) is 17.2 Å². The molecule has 3 aromatic rings. The van der Waals surface area contributed by atoms with Crippen LogP contribution in [0.25, 0.3) is 11.0 Å². The van der Waals surface area contributed by atoms with Gasteiger partial charge in [0.25, 0.3) is 0 Å². The maximum atomic E-state index is 11.5. The first kappa shape index (κ1) is 19.6. The third-order valence-electron chi connectivity index (χ3n) is 4.26. The number of aliphatic hydroxyl groups excluding tert-OH is 1. The Morgan fingerprint density at radius 3 is 2.43 bits per heavy atom. The van der Waals surface area contributed by atoms with Crippen LogP contribution in [0, 0.1) is 6.92 Å². The van der Waals surface area contributed by atoms with Crippen LogP contribution in [0.1, 0.15) is 5.56 Å². The quantitative estimate of drug-likeness (QED) is 0.576. The van der Waals surface area contributed by atoms with Crippen molar-refractivity contribution in [2.75, 3.05) is 32.7 Å². The molecule has 148 valence electrons. The Morgan fingerprint density at radius 1 is 1.04 bits per heavy atom. The first-order valence-corrected chi connectivity index (χ1v) is 8.81. The molecule has 2 aromatic carbocycles. The topological polar surface area (TPSA) is 90.2 Å². The molecule has 1 atom stereocenters. The largest absolute Gasteiger partial charge is 0.497 e. The maximum absolute atomic E-state index is 11.5. The van der Waals surface area contributed by atoms with Crippen LogP contribution in [-0.4, -0.2) is 38.6 Å². The number of rotatable bonds is 8. The third kappa shape index (κ3) is 4.75. The zero-order valence-corrected chi connectivity index (χ0v) is 16.0. The highest BCUT2D eigenvalue weighted by Crippen LogP contribution is 2.26. The molecule has 0 amide bonds. The van der Waals surface area contributed by atoms with Crippen molar-refractivity contribution in [2.45, 2.75) is 13.0 Å². The molecule has 2 N–H and O–H groups in total. The minimum absolute atomic E-state index is 0.0790. The van der Waals surface area contributed by atoms with Gasteiger partial charge in [0.2, 0.25) is 0 Å². The van der Waals surface area contributed by atoms with Gasteiger partial charge in [0.05, 0.1) is 14.2 Å². The second-order valence-electron chi connectivity index (χ2n) is 6.35. The van der Waals surface area contributed by atoms with Gasteiger partial charge >= 0.3 is 5.63 Å². The first-order valence-electron chi connectivity index (χ1n) is 8.81. The molecule has 0 saturated carbocycles. The smallest absolute Gasteiger partial charge is 0.336 e. The molecule has 7 heteroatoms. The minimum Gasteiger partial charge on any atom is -0.497 e. The Hall–Kier alpha value is -3.19. The van der Waals surface area contributed by atoms with Crippen LogP contribution < -0.4 is 25.2 Å². The summed E-state index contributed by atoms with van der Waals surface area (Å²) in [6.45, 7) is 2.20. The standard InChI is InChI=1S/C21H23NO6/c1-13-6-21(24)28-20-10-16(4-5-19(13)20)27-12-15(23)11-22-14-7-17(25-2)9-18(8-14)26-3/h4-10,15,22-23H,11-12H2,1-3H3/t15-/m0/s1. The number of methoxy groups -OCH3 is 2. The van der Waals surface area contributed by atoms with E-state index in [1.54, 1.807) is 32.4 Å². The van der Waals surface area contributed by atoms with E-state index in [1.807, 2.05) is 25.1 Å². The van der Waals surface area contributed by atoms with Crippen LogP contribution in [-0.2, 0) is 0 Å². The van der Waals surface area contributed by atoms with Crippen molar-refractivity contribution in [3.8, 4) is 17.2 Å². The second-order valence-corrected chi connectivity index (χ2v) is 6.35. The van der Waals surface area contributed by atoms with E-state index < -0.39 is 11.7 Å². The predicted molar refractivity (Wildman–Crippen MR) is 107 cm³/mol. The summed E-state index contributed by atoms with van der Waals surface area (Å²) in [6, 6.07) is 12.1. The van der Waals surface area contributed by atoms with Gasteiger partial charge in [-0.15, -0.1) is 0 Å². The fourth-order valence-corrected chi connectivity index (χ4v) is 2.79. The molecule has 7 nitrogen and oxygen atoms in total. The number of nitrogens with one attached hydrogen (secondary N) is 1. The van der Waals surface area contributed by atoms with Crippen LogP contribution in [0.3, 0.4) is 0 Å². The summed E-state index contributed by atoms with van der Waals surface area (Å²) >= 11 is 0. The summed E-state index contributed by atoms with van der Waals surface area (Å²) in [4.78, 5) is 11.5. The molecule has 0 spiro atoms. The average Bonchev–Trinajstić information content (AvgIpc) is 2.69. The van der Waals surface area contributed by atoms with Gasteiger partial charge in [0, 0.05) is 48.0 Å². The lowest BCUT2D eigenvalue weighted by Crippen LogP contribution is -2.26. The average molecular weight is 385 g/mol. The zero-order chi connectivity index (χ0) is 20.1. The Bertz CT molecular complexity index is 991. The monoisotopic (exact) mass is 385 g/mol. The van der Waals surface area contributed by atoms with E-state index in [0.29, 0.717) is 22.8 Å². The van der Waals surface area contributed by atoms with Gasteiger partial charge in [-0.3, -0.25) is 0 Å². The molecule has 0 saturated heterocycles. The van der Waals surface area contributed by atoms with Crippen LogP contribution >= 0.6 is 0 Å². The highest BCUT2D eigenvalue weighted by molar-refractivity contribution is 5.81. The molecule has 3 rings (SSSR count). The van der Waals surface area contributed by atoms with Crippen molar-refractivity contribution >= 4 is 16.7 Å². The lowest BCUT2D eigenvalue weighted by molar-refractivity contribution is 0.117. The maximum Gasteiger partial charge on any atom is 0.336 e. The summed E-state index contributed by atoms with van der Waals surface area (Å²) in [5, 5.41) is 14.2. The number of hydrogen-bond donors (Lipinski definition) is 2. The molecule has 0 aliphatic carbocycles. The molecule has 0 radical (unpaired) electrons. The van der Waals surface area contributed by atoms with Crippen LogP contribution in [0.15, 0.2) is 51.7 Å². The lowest BCUT2D eigenvalue weighted by atomic mass is 10.1. The van der Waals surface area contributed by atoms with Gasteiger partial charge < -0.3 is 29.1 Å². The van der Waals surface area contributed by atoms with Crippen LogP contribution in [0.2, 0.25) is 0 Å². The normalized spacial score (nSPS) is 11.9. The SMILES string of the molecule is COc1cc(NC[C@H](O)COc2ccc3c(C)cc(=O)oc3c2)cc(OC)c1. The summed E-state index contributed by atoms with van der Waals surface area (Å²) in [6.07, 6.45) is -0.752. The van der Waals surface area contributed by atoms with Crippen molar-refractivity contribution in [1.29, 1.82) is 0 Å². The van der Waals surface area contributed by atoms with E-state index in [4.69, 9.17) is 18.6 Å². The molecule has 1 aromatic heterocycles. The molecule has 0 fully saturated rings. The van der Waals surface area contributed by atoms with Crippen molar-refractivity contribution in [3.63, 3.8) is 0 Å². The van der Waals surface area contributed by atoms with E-state index >= 15 is 0 Å². The number of fused-ring (bicyclic) bond motifs is 1. The Kier molecular flexibility index (Phi) is 6.06. The molecule has 28 heavy (non-hydrogen) atoms. The first-order chi connectivity index (χ1) is 13.5. The Labute approximate surface area is 162 Å². The molecular formula is C21H23NO6. The fraction of sp³-hybridized carbons (Fsp3) is 0.286. The van der Waals surface area contributed by atoms with Crippen molar-refractivity contribution < 1.29 is 23.7 Å². The molecule has 1 heterocycles. The Balaban J connectivity index is 1.59. The van der Waals surface area contributed by atoms with E-state index in [9.17, 15) is 9.90 Å². The van der Waals surface area contributed by atoms with E-state index in [0.717, 1.165) is 16.6 Å². The van der Waals surface area contributed by atoms with E-state index in [2.05, 4.69) is 5.32 Å². The highest BCUT2D eigenvalue weighted by Gasteiger charge is 2.09. The number of ether oxygens (including phenoxy) is 3.